The summed E-state index contributed by atoms with van der Waals surface area (Å²) in [7, 11) is 1.48. The molecule has 0 aliphatic heterocycles. The fourth-order valence-corrected chi connectivity index (χ4v) is 1.80. The minimum absolute atomic E-state index is 0.00278. The van der Waals surface area contributed by atoms with Crippen molar-refractivity contribution >= 4 is 5.90 Å². The Hall–Kier alpha value is -2.43. The lowest BCUT2D eigenvalue weighted by Gasteiger charge is -2.04. The summed E-state index contributed by atoms with van der Waals surface area (Å²) in [6.07, 6.45) is 0. The number of rotatable bonds is 4. The van der Waals surface area contributed by atoms with Crippen molar-refractivity contribution in [1.82, 2.24) is 0 Å². The first kappa shape index (κ1) is 14.0. The van der Waals surface area contributed by atoms with Crippen molar-refractivity contribution in [2.75, 3.05) is 7.11 Å². The lowest BCUT2D eigenvalue weighted by molar-refractivity contribution is -0.501. The molecule has 20 heavy (non-hydrogen) atoms. The van der Waals surface area contributed by atoms with Crippen LogP contribution < -0.4 is 9.73 Å². The number of phenols is 1. The van der Waals surface area contributed by atoms with Gasteiger partial charge in [-0.2, -0.15) is 0 Å². The van der Waals surface area contributed by atoms with E-state index in [0.29, 0.717) is 17.3 Å². The van der Waals surface area contributed by atoms with Crippen molar-refractivity contribution in [3.63, 3.8) is 0 Å². The summed E-state index contributed by atoms with van der Waals surface area (Å²) in [5, 5.41) is 19.4. The van der Waals surface area contributed by atoms with E-state index in [1.807, 2.05) is 13.8 Å². The molecule has 1 aromatic carbocycles. The zero-order valence-electron chi connectivity index (χ0n) is 11.7. The largest absolute Gasteiger partial charge is 0.504 e. The molecular formula is C15H18NO4+. The zero-order valence-corrected chi connectivity index (χ0v) is 11.7. The quantitative estimate of drug-likeness (QED) is 0.583. The fourth-order valence-electron chi connectivity index (χ4n) is 1.80. The molecule has 2 rings (SSSR count). The Morgan fingerprint density at radius 3 is 2.65 bits per heavy atom. The maximum atomic E-state index is 9.84. The molecule has 106 valence electrons. The molecule has 0 fully saturated rings. The third kappa shape index (κ3) is 2.93. The van der Waals surface area contributed by atoms with Crippen LogP contribution in [-0.4, -0.2) is 29.3 Å². The van der Waals surface area contributed by atoms with Crippen LogP contribution >= 0.6 is 0 Å². The van der Waals surface area contributed by atoms with Gasteiger partial charge in [0.25, 0.3) is 0 Å². The van der Waals surface area contributed by atoms with Gasteiger partial charge in [-0.1, -0.05) is 0 Å². The van der Waals surface area contributed by atoms with Crippen LogP contribution in [0.15, 0.2) is 34.7 Å². The van der Waals surface area contributed by atoms with Gasteiger partial charge in [0.1, 0.15) is 11.8 Å². The molecule has 1 heterocycles. The molecule has 0 amide bonds. The Morgan fingerprint density at radius 1 is 1.25 bits per heavy atom. The number of hydrogen-bond donors (Lipinski definition) is 3. The molecule has 0 saturated carbocycles. The van der Waals surface area contributed by atoms with E-state index in [4.69, 9.17) is 9.15 Å². The van der Waals surface area contributed by atoms with Gasteiger partial charge in [-0.3, -0.25) is 0 Å². The smallest absolute Gasteiger partial charge is 0.402 e. The van der Waals surface area contributed by atoms with Crippen LogP contribution in [0.3, 0.4) is 0 Å². The molecule has 0 spiro atoms. The Balaban J connectivity index is 2.33. The first-order valence-corrected chi connectivity index (χ1v) is 6.31. The average molecular weight is 276 g/mol. The van der Waals surface area contributed by atoms with Gasteiger partial charge in [0.2, 0.25) is 5.76 Å². The molecule has 0 saturated heterocycles. The van der Waals surface area contributed by atoms with Crippen LogP contribution in [0.5, 0.6) is 11.5 Å². The number of nitrogens with one attached hydrogen (secondary N) is 1. The molecule has 2 aromatic rings. The summed E-state index contributed by atoms with van der Waals surface area (Å²) >= 11 is 0. The number of ether oxygens (including phenoxy) is 1. The Kier molecular flexibility index (Phi) is 3.98. The van der Waals surface area contributed by atoms with Crippen LogP contribution in [0.1, 0.15) is 19.6 Å². The maximum absolute atomic E-state index is 9.84. The second-order valence-electron chi connectivity index (χ2n) is 4.70. The van der Waals surface area contributed by atoms with Crippen molar-refractivity contribution in [2.24, 2.45) is 0 Å². The van der Waals surface area contributed by atoms with Gasteiger partial charge in [0.15, 0.2) is 11.5 Å². The van der Waals surface area contributed by atoms with Gasteiger partial charge in [-0.25, -0.2) is 4.99 Å². The van der Waals surface area contributed by atoms with Crippen molar-refractivity contribution in [1.29, 1.82) is 0 Å². The lowest BCUT2D eigenvalue weighted by Crippen LogP contribution is -2.78. The van der Waals surface area contributed by atoms with E-state index >= 15 is 0 Å². The van der Waals surface area contributed by atoms with Crippen LogP contribution in [0.4, 0.5) is 0 Å². The van der Waals surface area contributed by atoms with Gasteiger partial charge >= 0.3 is 5.90 Å². The molecule has 0 unspecified atom stereocenters. The summed E-state index contributed by atoms with van der Waals surface area (Å²) < 4.78 is 10.6. The number of phenolic OH excluding ortho intramolecular Hbond substituents is 1. The van der Waals surface area contributed by atoms with E-state index < -0.39 is 0 Å². The normalized spacial score (nSPS) is 11.9. The topological polar surface area (TPSA) is 76.8 Å². The van der Waals surface area contributed by atoms with Crippen molar-refractivity contribution in [3.8, 4) is 22.8 Å². The maximum Gasteiger partial charge on any atom is 0.402 e. The van der Waals surface area contributed by atoms with E-state index in [0.717, 1.165) is 5.56 Å². The number of aliphatic hydroxyl groups is 1. The number of hydrogen-bond acceptors (Lipinski definition) is 3. The van der Waals surface area contributed by atoms with Crippen LogP contribution in [0.2, 0.25) is 0 Å². The van der Waals surface area contributed by atoms with E-state index in [-0.39, 0.29) is 17.7 Å². The van der Waals surface area contributed by atoms with Gasteiger partial charge < -0.3 is 19.4 Å². The monoisotopic (exact) mass is 276 g/mol. The van der Waals surface area contributed by atoms with Gasteiger partial charge in [0.05, 0.1) is 7.11 Å². The predicted octanol–water partition coefficient (Wildman–Crippen LogP) is 1.45. The highest BCUT2D eigenvalue weighted by Crippen LogP contribution is 2.32. The molecule has 1 aromatic heterocycles. The van der Waals surface area contributed by atoms with E-state index in [1.165, 1.54) is 13.2 Å². The fraction of sp³-hybridized carbons (Fsp3) is 0.267. The number of methoxy groups -OCH3 is 1. The highest BCUT2D eigenvalue weighted by Gasteiger charge is 2.15. The number of benzene rings is 1. The SMILES string of the molecule is COc1cc(-c2ccc(C(O)=[NH+]C(C)C)o2)ccc1O. The second kappa shape index (κ2) is 5.69. The number of furan rings is 1. The molecular weight excluding hydrogens is 258 g/mol. The van der Waals surface area contributed by atoms with E-state index in [9.17, 15) is 10.2 Å². The van der Waals surface area contributed by atoms with Crippen LogP contribution in [0.25, 0.3) is 11.3 Å². The first-order valence-electron chi connectivity index (χ1n) is 6.31. The molecule has 5 nitrogen and oxygen atoms in total. The number of aliphatic hydroxyl groups excluding tert-OH is 1. The Bertz CT molecular complexity index is 629. The highest BCUT2D eigenvalue weighted by atomic mass is 16.5. The Morgan fingerprint density at radius 2 is 2.00 bits per heavy atom. The summed E-state index contributed by atoms with van der Waals surface area (Å²) in [6, 6.07) is 8.46. The standard InChI is InChI=1S/C15H17NO4/c1-9(2)16-15(18)13-7-6-12(20-13)10-4-5-11(17)14(8-10)19-3/h4-9,17H,1-3H3,(H,16,18)/p+1. The second-order valence-corrected chi connectivity index (χ2v) is 4.70. The van der Waals surface area contributed by atoms with Crippen LogP contribution in [0, 0.1) is 0 Å². The van der Waals surface area contributed by atoms with Gasteiger partial charge in [-0.15, -0.1) is 0 Å². The molecule has 5 heteroatoms. The van der Waals surface area contributed by atoms with Crippen LogP contribution in [-0.2, 0) is 0 Å². The molecule has 0 atom stereocenters. The minimum atomic E-state index is -0.00278. The zero-order chi connectivity index (χ0) is 14.7. The highest BCUT2D eigenvalue weighted by molar-refractivity contribution is 5.85. The minimum Gasteiger partial charge on any atom is -0.504 e. The van der Waals surface area contributed by atoms with E-state index in [2.05, 4.69) is 4.99 Å². The molecule has 0 radical (unpaired) electrons. The van der Waals surface area contributed by atoms with Crippen molar-refractivity contribution < 1.29 is 24.4 Å². The summed E-state index contributed by atoms with van der Waals surface area (Å²) in [5.74, 6) is 1.38. The van der Waals surface area contributed by atoms with Gasteiger partial charge in [-0.05, 0) is 44.2 Å². The van der Waals surface area contributed by atoms with E-state index in [1.54, 1.807) is 24.3 Å². The molecule has 0 aliphatic rings. The molecule has 0 bridgehead atoms. The predicted molar refractivity (Wildman–Crippen MR) is 75.2 cm³/mol. The van der Waals surface area contributed by atoms with Crippen molar-refractivity contribution in [3.05, 3.63) is 36.1 Å². The third-order valence-electron chi connectivity index (χ3n) is 2.73. The summed E-state index contributed by atoms with van der Waals surface area (Å²) in [5.41, 5.74) is 0.753. The third-order valence-corrected chi connectivity index (χ3v) is 2.73. The molecule has 3 N–H and O–H groups in total. The lowest BCUT2D eigenvalue weighted by atomic mass is 10.1. The summed E-state index contributed by atoms with van der Waals surface area (Å²) in [6.45, 7) is 3.84. The average Bonchev–Trinajstić information content (AvgIpc) is 2.88. The number of aromatic hydroxyl groups is 1. The van der Waals surface area contributed by atoms with Crippen molar-refractivity contribution in [2.45, 2.75) is 19.9 Å². The molecule has 0 aliphatic carbocycles. The summed E-state index contributed by atoms with van der Waals surface area (Å²) in [4.78, 5) is 2.87. The van der Waals surface area contributed by atoms with Gasteiger partial charge in [0, 0.05) is 5.56 Å². The Labute approximate surface area is 117 Å². The first-order chi connectivity index (χ1) is 9.51.